The van der Waals surface area contributed by atoms with E-state index < -0.39 is 18.5 Å². The zero-order valence-electron chi connectivity index (χ0n) is 14.5. The van der Waals surface area contributed by atoms with Gasteiger partial charge in [0.2, 0.25) is 0 Å². The van der Waals surface area contributed by atoms with Crippen molar-refractivity contribution < 1.29 is 32.6 Å². The summed E-state index contributed by atoms with van der Waals surface area (Å²) in [5.41, 5.74) is 0.749. The van der Waals surface area contributed by atoms with Crippen LogP contribution in [0.25, 0.3) is 0 Å². The number of para-hydroxylation sites is 1. The van der Waals surface area contributed by atoms with E-state index in [-0.39, 0.29) is 27.6 Å². The molecule has 0 unspecified atom stereocenters. The number of esters is 1. The standard InChI is InChI=1S/C17H17F2NO5S/c1-8-9(2)26-15(12(8)16(22)24-4)20-14(21)10-6-5-7-11(23-3)13(10)25-17(18)19/h5-7,17H,1-4H3,(H,20,21). The van der Waals surface area contributed by atoms with E-state index in [1.54, 1.807) is 13.8 Å². The Balaban J connectivity index is 2.43. The molecule has 2 rings (SSSR count). The summed E-state index contributed by atoms with van der Waals surface area (Å²) in [7, 11) is 2.51. The van der Waals surface area contributed by atoms with E-state index in [0.29, 0.717) is 5.56 Å². The van der Waals surface area contributed by atoms with Crippen molar-refractivity contribution in [2.75, 3.05) is 19.5 Å². The zero-order valence-corrected chi connectivity index (χ0v) is 15.3. The van der Waals surface area contributed by atoms with Crippen molar-refractivity contribution >= 4 is 28.2 Å². The molecule has 0 atom stereocenters. The summed E-state index contributed by atoms with van der Waals surface area (Å²) in [5.74, 6) is -1.71. The second kappa shape index (κ2) is 8.13. The molecule has 0 fully saturated rings. The normalized spacial score (nSPS) is 10.6. The second-order valence-electron chi connectivity index (χ2n) is 5.15. The van der Waals surface area contributed by atoms with Gasteiger partial charge in [0.15, 0.2) is 11.5 Å². The average Bonchev–Trinajstić information content (AvgIpc) is 2.87. The van der Waals surface area contributed by atoms with Gasteiger partial charge < -0.3 is 19.5 Å². The van der Waals surface area contributed by atoms with Gasteiger partial charge in [-0.3, -0.25) is 4.79 Å². The number of thiophene rings is 1. The molecule has 1 aromatic carbocycles. The number of anilines is 1. The summed E-state index contributed by atoms with van der Waals surface area (Å²) >= 11 is 1.18. The Morgan fingerprint density at radius 2 is 1.88 bits per heavy atom. The van der Waals surface area contributed by atoms with E-state index in [0.717, 1.165) is 4.88 Å². The predicted octanol–water partition coefficient (Wildman–Crippen LogP) is 4.01. The van der Waals surface area contributed by atoms with Crippen LogP contribution in [0.5, 0.6) is 11.5 Å². The van der Waals surface area contributed by atoms with Crippen LogP contribution in [0.4, 0.5) is 13.8 Å². The Labute approximate surface area is 152 Å². The first-order chi connectivity index (χ1) is 12.3. The molecule has 0 saturated heterocycles. The van der Waals surface area contributed by atoms with Crippen molar-refractivity contribution in [3.05, 3.63) is 39.8 Å². The molecular weight excluding hydrogens is 368 g/mol. The van der Waals surface area contributed by atoms with Crippen LogP contribution in [-0.2, 0) is 4.74 Å². The van der Waals surface area contributed by atoms with Crippen molar-refractivity contribution in [1.82, 2.24) is 0 Å². The number of hydrogen-bond acceptors (Lipinski definition) is 6. The summed E-state index contributed by atoms with van der Waals surface area (Å²) in [6.45, 7) is 0.388. The van der Waals surface area contributed by atoms with Gasteiger partial charge in [0.1, 0.15) is 5.00 Å². The Hall–Kier alpha value is -2.68. The Bertz CT molecular complexity index is 835. The van der Waals surface area contributed by atoms with Gasteiger partial charge in [-0.25, -0.2) is 4.79 Å². The Kier molecular flexibility index (Phi) is 6.14. The number of amides is 1. The number of hydrogen-bond donors (Lipinski definition) is 1. The molecule has 0 spiro atoms. The maximum atomic E-state index is 12.7. The van der Waals surface area contributed by atoms with E-state index in [1.807, 2.05) is 0 Å². The van der Waals surface area contributed by atoms with Crippen molar-refractivity contribution in [2.24, 2.45) is 0 Å². The molecule has 0 aliphatic carbocycles. The van der Waals surface area contributed by atoms with E-state index >= 15 is 0 Å². The minimum absolute atomic E-state index is 0.00955. The summed E-state index contributed by atoms with van der Waals surface area (Å²) in [6, 6.07) is 4.19. The third-order valence-electron chi connectivity index (χ3n) is 3.65. The van der Waals surface area contributed by atoms with Crippen LogP contribution in [-0.4, -0.2) is 32.7 Å². The fourth-order valence-electron chi connectivity index (χ4n) is 2.30. The van der Waals surface area contributed by atoms with Gasteiger partial charge in [0.25, 0.3) is 5.91 Å². The molecule has 140 valence electrons. The van der Waals surface area contributed by atoms with E-state index in [1.165, 1.54) is 43.8 Å². The molecular formula is C17H17F2NO5S. The molecule has 0 aliphatic heterocycles. The number of methoxy groups -OCH3 is 2. The van der Waals surface area contributed by atoms with E-state index in [2.05, 4.69) is 10.1 Å². The molecule has 1 heterocycles. The van der Waals surface area contributed by atoms with E-state index in [4.69, 9.17) is 9.47 Å². The fraction of sp³-hybridized carbons (Fsp3) is 0.294. The topological polar surface area (TPSA) is 73.9 Å². The SMILES string of the molecule is COC(=O)c1c(NC(=O)c2cccc(OC)c2OC(F)F)sc(C)c1C. The van der Waals surface area contributed by atoms with Gasteiger partial charge in [-0.05, 0) is 31.5 Å². The first kappa shape index (κ1) is 19.6. The number of aryl methyl sites for hydroxylation is 1. The van der Waals surface area contributed by atoms with Crippen LogP contribution in [0.3, 0.4) is 0 Å². The highest BCUT2D eigenvalue weighted by atomic mass is 32.1. The zero-order chi connectivity index (χ0) is 19.4. The van der Waals surface area contributed by atoms with Gasteiger partial charge in [0, 0.05) is 4.88 Å². The van der Waals surface area contributed by atoms with Crippen LogP contribution >= 0.6 is 11.3 Å². The van der Waals surface area contributed by atoms with Gasteiger partial charge in [-0.2, -0.15) is 8.78 Å². The number of carbonyl (C=O) groups is 2. The van der Waals surface area contributed by atoms with Crippen molar-refractivity contribution in [2.45, 2.75) is 20.5 Å². The Morgan fingerprint density at radius 3 is 2.46 bits per heavy atom. The third kappa shape index (κ3) is 3.93. The minimum atomic E-state index is -3.13. The lowest BCUT2D eigenvalue weighted by Gasteiger charge is -2.14. The summed E-state index contributed by atoms with van der Waals surface area (Å²) in [6.07, 6.45) is 0. The molecule has 1 amide bonds. The highest BCUT2D eigenvalue weighted by Crippen LogP contribution is 2.36. The number of ether oxygens (including phenoxy) is 3. The Morgan fingerprint density at radius 1 is 1.19 bits per heavy atom. The quantitative estimate of drug-likeness (QED) is 0.761. The molecule has 0 radical (unpaired) electrons. The van der Waals surface area contributed by atoms with Crippen LogP contribution in [0.2, 0.25) is 0 Å². The number of benzene rings is 1. The number of halogens is 2. The lowest BCUT2D eigenvalue weighted by atomic mass is 10.1. The molecule has 0 bridgehead atoms. The first-order valence-electron chi connectivity index (χ1n) is 7.41. The van der Waals surface area contributed by atoms with Crippen LogP contribution in [0.15, 0.2) is 18.2 Å². The first-order valence-corrected chi connectivity index (χ1v) is 8.23. The number of alkyl halides is 2. The number of rotatable bonds is 6. The molecule has 0 aliphatic rings. The van der Waals surface area contributed by atoms with Crippen LogP contribution < -0.4 is 14.8 Å². The maximum absolute atomic E-state index is 12.7. The lowest BCUT2D eigenvalue weighted by Crippen LogP contribution is -2.17. The highest BCUT2D eigenvalue weighted by Gasteiger charge is 2.25. The number of nitrogens with one attached hydrogen (secondary N) is 1. The lowest BCUT2D eigenvalue weighted by molar-refractivity contribution is -0.0515. The molecule has 2 aromatic rings. The summed E-state index contributed by atoms with van der Waals surface area (Å²) < 4.78 is 39.6. The van der Waals surface area contributed by atoms with Crippen molar-refractivity contribution in [1.29, 1.82) is 0 Å². The summed E-state index contributed by atoms with van der Waals surface area (Å²) in [4.78, 5) is 25.4. The van der Waals surface area contributed by atoms with Gasteiger partial charge in [0.05, 0.1) is 25.3 Å². The van der Waals surface area contributed by atoms with Gasteiger partial charge in [-0.1, -0.05) is 6.07 Å². The van der Waals surface area contributed by atoms with Crippen LogP contribution in [0.1, 0.15) is 31.2 Å². The molecule has 6 nitrogen and oxygen atoms in total. The minimum Gasteiger partial charge on any atom is -0.493 e. The molecule has 1 aromatic heterocycles. The van der Waals surface area contributed by atoms with Crippen LogP contribution in [0, 0.1) is 13.8 Å². The third-order valence-corrected chi connectivity index (χ3v) is 4.77. The fourth-order valence-corrected chi connectivity index (χ4v) is 3.34. The summed E-state index contributed by atoms with van der Waals surface area (Å²) in [5, 5.41) is 2.83. The largest absolute Gasteiger partial charge is 0.493 e. The molecule has 9 heteroatoms. The monoisotopic (exact) mass is 385 g/mol. The maximum Gasteiger partial charge on any atom is 0.387 e. The van der Waals surface area contributed by atoms with Crippen molar-refractivity contribution in [3.8, 4) is 11.5 Å². The van der Waals surface area contributed by atoms with Crippen molar-refractivity contribution in [3.63, 3.8) is 0 Å². The average molecular weight is 385 g/mol. The molecule has 1 N–H and O–H groups in total. The number of carbonyl (C=O) groups excluding carboxylic acids is 2. The second-order valence-corrected chi connectivity index (χ2v) is 6.37. The van der Waals surface area contributed by atoms with E-state index in [9.17, 15) is 18.4 Å². The smallest absolute Gasteiger partial charge is 0.387 e. The predicted molar refractivity (Wildman–Crippen MR) is 92.7 cm³/mol. The highest BCUT2D eigenvalue weighted by molar-refractivity contribution is 7.16. The van der Waals surface area contributed by atoms with Gasteiger partial charge in [-0.15, -0.1) is 11.3 Å². The molecule has 0 saturated carbocycles. The van der Waals surface area contributed by atoms with Gasteiger partial charge >= 0.3 is 12.6 Å². The molecule has 26 heavy (non-hydrogen) atoms.